The van der Waals surface area contributed by atoms with Crippen LogP contribution in [0.3, 0.4) is 0 Å². The van der Waals surface area contributed by atoms with Crippen molar-refractivity contribution >= 4 is 15.9 Å². The van der Waals surface area contributed by atoms with Crippen LogP contribution in [-0.4, -0.2) is 19.3 Å². The highest BCUT2D eigenvalue weighted by atomic mass is 79.9. The molecule has 2 nitrogen and oxygen atoms in total. The highest BCUT2D eigenvalue weighted by molar-refractivity contribution is 9.10. The first kappa shape index (κ1) is 12.1. The Morgan fingerprint density at radius 1 is 1.38 bits per heavy atom. The van der Waals surface area contributed by atoms with E-state index in [2.05, 4.69) is 46.4 Å². The van der Waals surface area contributed by atoms with Crippen LogP contribution < -0.4 is 5.32 Å². The van der Waals surface area contributed by atoms with Crippen LogP contribution in [0.1, 0.15) is 31.4 Å². The van der Waals surface area contributed by atoms with Gasteiger partial charge in [-0.3, -0.25) is 0 Å². The molecule has 1 saturated carbocycles. The minimum Gasteiger partial charge on any atom is -0.381 e. The van der Waals surface area contributed by atoms with Crippen LogP contribution in [0.5, 0.6) is 0 Å². The summed E-state index contributed by atoms with van der Waals surface area (Å²) in [5.74, 6) is 0. The van der Waals surface area contributed by atoms with Gasteiger partial charge in [0.1, 0.15) is 0 Å². The molecule has 1 aliphatic carbocycles. The fourth-order valence-corrected chi connectivity index (χ4v) is 2.79. The van der Waals surface area contributed by atoms with Crippen molar-refractivity contribution in [2.24, 2.45) is 0 Å². The smallest absolute Gasteiger partial charge is 0.0601 e. The number of hydrogen-bond acceptors (Lipinski definition) is 2. The van der Waals surface area contributed by atoms with Crippen molar-refractivity contribution in [1.82, 2.24) is 5.32 Å². The van der Waals surface area contributed by atoms with Gasteiger partial charge in [0.2, 0.25) is 0 Å². The Kier molecular flexibility index (Phi) is 4.00. The number of nitrogens with one attached hydrogen (secondary N) is 1. The van der Waals surface area contributed by atoms with E-state index in [-0.39, 0.29) is 0 Å². The third-order valence-electron chi connectivity index (χ3n) is 3.29. The molecule has 0 aromatic heterocycles. The van der Waals surface area contributed by atoms with Gasteiger partial charge in [-0.05, 0) is 31.4 Å². The second-order valence-electron chi connectivity index (χ2n) is 4.44. The summed E-state index contributed by atoms with van der Waals surface area (Å²) in [6.07, 6.45) is 2.72. The van der Waals surface area contributed by atoms with Gasteiger partial charge in [0.15, 0.2) is 0 Å². The van der Waals surface area contributed by atoms with E-state index in [0.29, 0.717) is 18.2 Å². The Hall–Kier alpha value is -0.380. The van der Waals surface area contributed by atoms with Gasteiger partial charge in [-0.15, -0.1) is 0 Å². The van der Waals surface area contributed by atoms with Gasteiger partial charge < -0.3 is 10.1 Å². The Labute approximate surface area is 106 Å². The van der Waals surface area contributed by atoms with Crippen molar-refractivity contribution in [3.63, 3.8) is 0 Å². The monoisotopic (exact) mass is 283 g/mol. The topological polar surface area (TPSA) is 21.3 Å². The maximum absolute atomic E-state index is 5.28. The number of hydrogen-bond donors (Lipinski definition) is 1. The molecule has 16 heavy (non-hydrogen) atoms. The molecule has 1 aromatic rings. The zero-order valence-corrected chi connectivity index (χ0v) is 11.3. The first-order chi connectivity index (χ1) is 7.70. The van der Waals surface area contributed by atoms with Gasteiger partial charge in [0.25, 0.3) is 0 Å². The molecule has 1 aromatic carbocycles. The Morgan fingerprint density at radius 2 is 2.06 bits per heavy atom. The summed E-state index contributed by atoms with van der Waals surface area (Å²) in [6.45, 7) is 2.21. The summed E-state index contributed by atoms with van der Waals surface area (Å²) < 4.78 is 6.46. The fourth-order valence-electron chi connectivity index (χ4n) is 2.16. The molecule has 1 atom stereocenters. The van der Waals surface area contributed by atoms with Gasteiger partial charge in [0.05, 0.1) is 6.10 Å². The Balaban J connectivity index is 1.89. The van der Waals surface area contributed by atoms with Crippen molar-refractivity contribution in [3.8, 4) is 0 Å². The maximum Gasteiger partial charge on any atom is 0.0601 e. The lowest BCUT2D eigenvalue weighted by molar-refractivity contribution is 0.0147. The van der Waals surface area contributed by atoms with E-state index in [1.807, 2.05) is 6.07 Å². The number of rotatable bonds is 4. The molecule has 1 aliphatic rings. The molecule has 0 heterocycles. The lowest BCUT2D eigenvalue weighted by Crippen LogP contribution is -2.45. The summed E-state index contributed by atoms with van der Waals surface area (Å²) in [4.78, 5) is 0. The Bertz CT molecular complexity index is 350. The lowest BCUT2D eigenvalue weighted by atomic mass is 9.88. The summed E-state index contributed by atoms with van der Waals surface area (Å²) in [5.41, 5.74) is 1.32. The molecular weight excluding hydrogens is 266 g/mol. The predicted molar refractivity (Wildman–Crippen MR) is 69.5 cm³/mol. The number of methoxy groups -OCH3 is 1. The van der Waals surface area contributed by atoms with E-state index in [1.54, 1.807) is 7.11 Å². The van der Waals surface area contributed by atoms with Crippen LogP contribution in [0.4, 0.5) is 0 Å². The average molecular weight is 284 g/mol. The standard InChI is InChI=1S/C13H18BrNO/c1-9(12-5-3-4-6-13(12)14)15-10-7-11(8-10)16-2/h3-6,9-11,15H,7-8H2,1-2H3/t9-,10?,11?/m0/s1. The largest absolute Gasteiger partial charge is 0.381 e. The normalized spacial score (nSPS) is 26.2. The number of benzene rings is 1. The summed E-state index contributed by atoms with van der Waals surface area (Å²) >= 11 is 3.59. The van der Waals surface area contributed by atoms with Crippen LogP contribution in [0, 0.1) is 0 Å². The van der Waals surface area contributed by atoms with Crippen molar-refractivity contribution in [2.45, 2.75) is 38.0 Å². The van der Waals surface area contributed by atoms with Crippen LogP contribution >= 0.6 is 15.9 Å². The molecule has 1 N–H and O–H groups in total. The third-order valence-corrected chi connectivity index (χ3v) is 4.01. The predicted octanol–water partition coefficient (Wildman–Crippen LogP) is 3.28. The third kappa shape index (κ3) is 2.65. The van der Waals surface area contributed by atoms with Gasteiger partial charge in [-0.1, -0.05) is 34.1 Å². The van der Waals surface area contributed by atoms with E-state index in [9.17, 15) is 0 Å². The molecule has 0 amide bonds. The molecule has 88 valence electrons. The molecule has 2 rings (SSSR count). The maximum atomic E-state index is 5.28. The molecular formula is C13H18BrNO. The van der Waals surface area contributed by atoms with Gasteiger partial charge in [-0.2, -0.15) is 0 Å². The Morgan fingerprint density at radius 3 is 2.69 bits per heavy atom. The van der Waals surface area contributed by atoms with Crippen molar-refractivity contribution in [2.75, 3.05) is 7.11 Å². The molecule has 0 radical (unpaired) electrons. The molecule has 0 saturated heterocycles. The lowest BCUT2D eigenvalue weighted by Gasteiger charge is -2.37. The second kappa shape index (κ2) is 5.30. The summed E-state index contributed by atoms with van der Waals surface area (Å²) in [5, 5.41) is 3.63. The van der Waals surface area contributed by atoms with Crippen LogP contribution in [0.15, 0.2) is 28.7 Å². The van der Waals surface area contributed by atoms with Crippen molar-refractivity contribution in [3.05, 3.63) is 34.3 Å². The molecule has 0 unspecified atom stereocenters. The fraction of sp³-hybridized carbons (Fsp3) is 0.538. The van der Waals surface area contributed by atoms with Crippen LogP contribution in [0.25, 0.3) is 0 Å². The van der Waals surface area contributed by atoms with E-state index in [4.69, 9.17) is 4.74 Å². The first-order valence-electron chi connectivity index (χ1n) is 5.74. The summed E-state index contributed by atoms with van der Waals surface area (Å²) in [6, 6.07) is 9.37. The molecule has 3 heteroatoms. The van der Waals surface area contributed by atoms with Crippen molar-refractivity contribution < 1.29 is 4.74 Å². The van der Waals surface area contributed by atoms with Gasteiger partial charge in [0, 0.05) is 23.7 Å². The molecule has 1 fully saturated rings. The quantitative estimate of drug-likeness (QED) is 0.916. The average Bonchev–Trinajstić information content (AvgIpc) is 2.23. The van der Waals surface area contributed by atoms with Crippen LogP contribution in [0.2, 0.25) is 0 Å². The minimum atomic E-state index is 0.387. The highest BCUT2D eigenvalue weighted by Gasteiger charge is 2.29. The molecule has 0 bridgehead atoms. The van der Waals surface area contributed by atoms with Gasteiger partial charge >= 0.3 is 0 Å². The zero-order chi connectivity index (χ0) is 11.5. The van der Waals surface area contributed by atoms with E-state index in [1.165, 1.54) is 10.0 Å². The van der Waals surface area contributed by atoms with Crippen molar-refractivity contribution in [1.29, 1.82) is 0 Å². The molecule has 0 aliphatic heterocycles. The minimum absolute atomic E-state index is 0.387. The van der Waals surface area contributed by atoms with E-state index < -0.39 is 0 Å². The highest BCUT2D eigenvalue weighted by Crippen LogP contribution is 2.28. The number of halogens is 1. The van der Waals surface area contributed by atoms with E-state index in [0.717, 1.165) is 12.8 Å². The molecule has 0 spiro atoms. The zero-order valence-electron chi connectivity index (χ0n) is 9.74. The first-order valence-corrected chi connectivity index (χ1v) is 6.53. The SMILES string of the molecule is COC1CC(N[C@@H](C)c2ccccc2Br)C1. The van der Waals surface area contributed by atoms with Gasteiger partial charge in [-0.25, -0.2) is 0 Å². The summed E-state index contributed by atoms with van der Waals surface area (Å²) in [7, 11) is 1.79. The number of ether oxygens (including phenoxy) is 1. The second-order valence-corrected chi connectivity index (χ2v) is 5.29. The van der Waals surface area contributed by atoms with E-state index >= 15 is 0 Å². The van der Waals surface area contributed by atoms with Crippen LogP contribution in [-0.2, 0) is 4.74 Å².